The SMILES string of the molecule is Cc1ccc(-c2c(C#N)nnn2-c2cccc(Cl)c2)cc1. The Labute approximate surface area is 127 Å². The topological polar surface area (TPSA) is 54.5 Å². The van der Waals surface area contributed by atoms with Crippen molar-refractivity contribution in [2.75, 3.05) is 0 Å². The molecule has 0 amide bonds. The van der Waals surface area contributed by atoms with E-state index >= 15 is 0 Å². The van der Waals surface area contributed by atoms with Crippen molar-refractivity contribution in [1.82, 2.24) is 15.0 Å². The summed E-state index contributed by atoms with van der Waals surface area (Å²) < 4.78 is 1.63. The Morgan fingerprint density at radius 3 is 2.57 bits per heavy atom. The summed E-state index contributed by atoms with van der Waals surface area (Å²) in [5.41, 5.74) is 3.77. The molecule has 0 atom stereocenters. The fourth-order valence-electron chi connectivity index (χ4n) is 2.12. The van der Waals surface area contributed by atoms with Gasteiger partial charge in [-0.05, 0) is 25.1 Å². The third kappa shape index (κ3) is 2.51. The van der Waals surface area contributed by atoms with Gasteiger partial charge in [0.15, 0.2) is 5.69 Å². The minimum absolute atomic E-state index is 0.291. The van der Waals surface area contributed by atoms with Gasteiger partial charge in [-0.3, -0.25) is 0 Å². The summed E-state index contributed by atoms with van der Waals surface area (Å²) in [4.78, 5) is 0. The Morgan fingerprint density at radius 2 is 1.90 bits per heavy atom. The number of benzene rings is 2. The van der Waals surface area contributed by atoms with Gasteiger partial charge in [-0.15, -0.1) is 5.10 Å². The normalized spacial score (nSPS) is 10.3. The second-order valence-electron chi connectivity index (χ2n) is 4.66. The third-order valence-corrected chi connectivity index (χ3v) is 3.39. The van der Waals surface area contributed by atoms with E-state index in [9.17, 15) is 5.26 Å². The molecular weight excluding hydrogens is 284 g/mol. The third-order valence-electron chi connectivity index (χ3n) is 3.15. The molecule has 0 N–H and O–H groups in total. The van der Waals surface area contributed by atoms with Crippen LogP contribution in [0.15, 0.2) is 48.5 Å². The fraction of sp³-hybridized carbons (Fsp3) is 0.0625. The molecule has 5 heteroatoms. The van der Waals surface area contributed by atoms with Gasteiger partial charge in [0.05, 0.1) is 5.69 Å². The minimum atomic E-state index is 0.291. The van der Waals surface area contributed by atoms with Gasteiger partial charge in [-0.2, -0.15) is 5.26 Å². The van der Waals surface area contributed by atoms with Crippen LogP contribution in [0.1, 0.15) is 11.3 Å². The first kappa shape index (κ1) is 13.3. The maximum Gasteiger partial charge on any atom is 0.191 e. The predicted octanol–water partition coefficient (Wildman–Crippen LogP) is 3.77. The van der Waals surface area contributed by atoms with E-state index in [-0.39, 0.29) is 0 Å². The summed E-state index contributed by atoms with van der Waals surface area (Å²) in [6.07, 6.45) is 0. The van der Waals surface area contributed by atoms with Gasteiger partial charge in [-0.25, -0.2) is 4.68 Å². The predicted molar refractivity (Wildman–Crippen MR) is 81.3 cm³/mol. The molecule has 0 bridgehead atoms. The second-order valence-corrected chi connectivity index (χ2v) is 5.09. The number of aromatic nitrogens is 3. The van der Waals surface area contributed by atoms with E-state index in [0.717, 1.165) is 16.8 Å². The molecule has 0 radical (unpaired) electrons. The molecule has 3 aromatic rings. The molecule has 2 aromatic carbocycles. The number of aryl methyl sites for hydroxylation is 1. The van der Waals surface area contributed by atoms with Gasteiger partial charge >= 0.3 is 0 Å². The molecule has 1 heterocycles. The Bertz CT molecular complexity index is 828. The lowest BCUT2D eigenvalue weighted by molar-refractivity contribution is 0.807. The molecule has 1 aromatic heterocycles. The van der Waals surface area contributed by atoms with Crippen molar-refractivity contribution in [2.24, 2.45) is 0 Å². The van der Waals surface area contributed by atoms with Crippen LogP contribution in [0.2, 0.25) is 5.02 Å². The van der Waals surface area contributed by atoms with E-state index in [2.05, 4.69) is 16.4 Å². The van der Waals surface area contributed by atoms with Gasteiger partial charge in [0.1, 0.15) is 11.8 Å². The molecule has 0 fully saturated rings. The lowest BCUT2D eigenvalue weighted by atomic mass is 10.1. The van der Waals surface area contributed by atoms with Crippen molar-refractivity contribution in [3.8, 4) is 23.0 Å². The van der Waals surface area contributed by atoms with Gasteiger partial charge in [0.2, 0.25) is 0 Å². The molecule has 0 saturated heterocycles. The summed E-state index contributed by atoms with van der Waals surface area (Å²) in [6, 6.07) is 17.3. The molecule has 0 spiro atoms. The first-order valence-corrected chi connectivity index (χ1v) is 6.75. The summed E-state index contributed by atoms with van der Waals surface area (Å²) in [5.74, 6) is 0. The van der Waals surface area contributed by atoms with Crippen LogP contribution in [0.5, 0.6) is 0 Å². The van der Waals surface area contributed by atoms with Crippen molar-refractivity contribution >= 4 is 11.6 Å². The van der Waals surface area contributed by atoms with Crippen LogP contribution in [-0.2, 0) is 0 Å². The van der Waals surface area contributed by atoms with Crippen molar-refractivity contribution in [3.63, 3.8) is 0 Å². The lowest BCUT2D eigenvalue weighted by Crippen LogP contribution is -1.99. The summed E-state index contributed by atoms with van der Waals surface area (Å²) in [5, 5.41) is 17.9. The van der Waals surface area contributed by atoms with Crippen molar-refractivity contribution in [1.29, 1.82) is 5.26 Å². The minimum Gasteiger partial charge on any atom is -0.211 e. The molecule has 0 aliphatic heterocycles. The fourth-order valence-corrected chi connectivity index (χ4v) is 2.30. The maximum absolute atomic E-state index is 9.26. The first-order valence-electron chi connectivity index (χ1n) is 6.38. The molecule has 4 nitrogen and oxygen atoms in total. The van der Waals surface area contributed by atoms with Crippen molar-refractivity contribution < 1.29 is 0 Å². The Kier molecular flexibility index (Phi) is 3.43. The Balaban J connectivity index is 2.22. The highest BCUT2D eigenvalue weighted by Gasteiger charge is 2.16. The van der Waals surface area contributed by atoms with Crippen LogP contribution in [0.3, 0.4) is 0 Å². The van der Waals surface area contributed by atoms with Crippen LogP contribution in [0.25, 0.3) is 16.9 Å². The van der Waals surface area contributed by atoms with Crippen LogP contribution >= 0.6 is 11.6 Å². The highest BCUT2D eigenvalue weighted by Crippen LogP contribution is 2.26. The number of nitrogens with zero attached hydrogens (tertiary/aromatic N) is 4. The molecular formula is C16H11ClN4. The molecule has 0 unspecified atom stereocenters. The molecule has 0 saturated carbocycles. The number of nitriles is 1. The molecule has 0 aliphatic rings. The number of hydrogen-bond acceptors (Lipinski definition) is 3. The Hall–Kier alpha value is -2.64. The zero-order chi connectivity index (χ0) is 14.8. The first-order chi connectivity index (χ1) is 10.2. The van der Waals surface area contributed by atoms with Gasteiger partial charge in [0, 0.05) is 10.6 Å². The smallest absolute Gasteiger partial charge is 0.191 e. The zero-order valence-electron chi connectivity index (χ0n) is 11.3. The molecule has 0 aliphatic carbocycles. The summed E-state index contributed by atoms with van der Waals surface area (Å²) in [6.45, 7) is 2.02. The van der Waals surface area contributed by atoms with Crippen LogP contribution in [-0.4, -0.2) is 15.0 Å². The van der Waals surface area contributed by atoms with Gasteiger partial charge in [-0.1, -0.05) is 52.7 Å². The average molecular weight is 295 g/mol. The van der Waals surface area contributed by atoms with E-state index in [1.165, 1.54) is 0 Å². The van der Waals surface area contributed by atoms with Crippen molar-refractivity contribution in [2.45, 2.75) is 6.92 Å². The van der Waals surface area contributed by atoms with Gasteiger partial charge < -0.3 is 0 Å². The largest absolute Gasteiger partial charge is 0.211 e. The van der Waals surface area contributed by atoms with E-state index in [1.807, 2.05) is 43.3 Å². The highest BCUT2D eigenvalue weighted by molar-refractivity contribution is 6.30. The molecule has 102 valence electrons. The van der Waals surface area contributed by atoms with Crippen LogP contribution < -0.4 is 0 Å². The Morgan fingerprint density at radius 1 is 1.14 bits per heavy atom. The quantitative estimate of drug-likeness (QED) is 0.723. The number of halogens is 1. The van der Waals surface area contributed by atoms with Crippen molar-refractivity contribution in [3.05, 3.63) is 64.8 Å². The van der Waals surface area contributed by atoms with E-state index in [1.54, 1.807) is 16.8 Å². The number of hydrogen-bond donors (Lipinski definition) is 0. The van der Waals surface area contributed by atoms with E-state index in [0.29, 0.717) is 16.4 Å². The highest BCUT2D eigenvalue weighted by atomic mass is 35.5. The monoisotopic (exact) mass is 294 g/mol. The summed E-state index contributed by atoms with van der Waals surface area (Å²) >= 11 is 6.03. The second kappa shape index (κ2) is 5.39. The van der Waals surface area contributed by atoms with E-state index in [4.69, 9.17) is 11.6 Å². The zero-order valence-corrected chi connectivity index (χ0v) is 12.0. The molecule has 21 heavy (non-hydrogen) atoms. The number of rotatable bonds is 2. The summed E-state index contributed by atoms with van der Waals surface area (Å²) in [7, 11) is 0. The lowest BCUT2D eigenvalue weighted by Gasteiger charge is -2.07. The average Bonchev–Trinajstić information content (AvgIpc) is 2.92. The van der Waals surface area contributed by atoms with E-state index < -0.39 is 0 Å². The van der Waals surface area contributed by atoms with Crippen LogP contribution in [0, 0.1) is 18.3 Å². The van der Waals surface area contributed by atoms with Crippen LogP contribution in [0.4, 0.5) is 0 Å². The standard InChI is InChI=1S/C16H11ClN4/c1-11-5-7-12(8-6-11)16-15(10-18)19-20-21(16)14-4-2-3-13(17)9-14/h2-9H,1H3. The molecule has 3 rings (SSSR count). The maximum atomic E-state index is 9.26. The van der Waals surface area contributed by atoms with Gasteiger partial charge in [0.25, 0.3) is 0 Å².